The fourth-order valence-electron chi connectivity index (χ4n) is 1.66. The Bertz CT molecular complexity index is 433. The molecule has 0 saturated carbocycles. The molecule has 0 fully saturated rings. The van der Waals surface area contributed by atoms with E-state index < -0.39 is 0 Å². The van der Waals surface area contributed by atoms with Crippen LogP contribution in [0.15, 0.2) is 12.1 Å². The third-order valence-corrected chi connectivity index (χ3v) is 3.79. The van der Waals surface area contributed by atoms with Gasteiger partial charge < -0.3 is 14.8 Å². The van der Waals surface area contributed by atoms with Gasteiger partial charge in [-0.05, 0) is 38.3 Å². The van der Waals surface area contributed by atoms with Gasteiger partial charge in [0.05, 0.1) is 13.7 Å². The maximum absolute atomic E-state index is 6.33. The zero-order valence-corrected chi connectivity index (χ0v) is 13.9. The molecule has 0 aliphatic carbocycles. The molecule has 0 bridgehead atoms. The molecule has 1 aromatic rings. The maximum atomic E-state index is 6.33. The molecule has 4 heteroatoms. The van der Waals surface area contributed by atoms with E-state index in [-0.39, 0.29) is 5.54 Å². The van der Waals surface area contributed by atoms with Gasteiger partial charge in [0.25, 0.3) is 0 Å². The molecule has 1 N–H and O–H groups in total. The largest absolute Gasteiger partial charge is 0.493 e. The van der Waals surface area contributed by atoms with Crippen LogP contribution >= 0.6 is 11.6 Å². The van der Waals surface area contributed by atoms with Gasteiger partial charge in [-0.3, -0.25) is 0 Å². The van der Waals surface area contributed by atoms with Crippen LogP contribution in [-0.2, 0) is 6.54 Å². The molecule has 0 radical (unpaired) electrons. The first kappa shape index (κ1) is 17.1. The third-order valence-electron chi connectivity index (χ3n) is 3.44. The molecule has 1 aromatic carbocycles. The fourth-order valence-corrected chi connectivity index (χ4v) is 1.88. The molecule has 0 aliphatic rings. The van der Waals surface area contributed by atoms with Gasteiger partial charge in [0.2, 0.25) is 0 Å². The summed E-state index contributed by atoms with van der Waals surface area (Å²) in [6.07, 6.45) is 2.01. The molecule has 0 atom stereocenters. The standard InChI is InChI=1S/C16H26ClNO2/c1-6-8-20-15-10-13(17)12(9-14(15)19-5)11-18-16(3,4)7-2/h9-10,18H,6-8,11H2,1-5H3. The van der Waals surface area contributed by atoms with Crippen LogP contribution in [0.1, 0.15) is 46.1 Å². The molecule has 0 spiro atoms. The quantitative estimate of drug-likeness (QED) is 0.771. The van der Waals surface area contributed by atoms with Gasteiger partial charge in [-0.15, -0.1) is 0 Å². The van der Waals surface area contributed by atoms with Crippen LogP contribution in [0.3, 0.4) is 0 Å². The highest BCUT2D eigenvalue weighted by molar-refractivity contribution is 6.31. The van der Waals surface area contributed by atoms with Gasteiger partial charge in [-0.25, -0.2) is 0 Å². The lowest BCUT2D eigenvalue weighted by atomic mass is 10.0. The summed E-state index contributed by atoms with van der Waals surface area (Å²) < 4.78 is 11.0. The Kier molecular flexibility index (Phi) is 6.63. The molecular formula is C16H26ClNO2. The van der Waals surface area contributed by atoms with E-state index in [9.17, 15) is 0 Å². The lowest BCUT2D eigenvalue weighted by molar-refractivity contribution is 0.294. The minimum absolute atomic E-state index is 0.0912. The predicted octanol–water partition coefficient (Wildman–Crippen LogP) is 4.42. The normalized spacial score (nSPS) is 11.5. The van der Waals surface area contributed by atoms with Gasteiger partial charge in [0, 0.05) is 23.2 Å². The highest BCUT2D eigenvalue weighted by atomic mass is 35.5. The molecule has 20 heavy (non-hydrogen) atoms. The number of hydrogen-bond donors (Lipinski definition) is 1. The van der Waals surface area contributed by atoms with E-state index in [0.29, 0.717) is 23.9 Å². The minimum atomic E-state index is 0.0912. The smallest absolute Gasteiger partial charge is 0.162 e. The zero-order chi connectivity index (χ0) is 15.2. The van der Waals surface area contributed by atoms with E-state index in [1.165, 1.54) is 0 Å². The molecule has 0 aromatic heterocycles. The average Bonchev–Trinajstić information content (AvgIpc) is 2.43. The maximum Gasteiger partial charge on any atom is 0.162 e. The lowest BCUT2D eigenvalue weighted by Crippen LogP contribution is -2.37. The molecule has 0 aliphatic heterocycles. The van der Waals surface area contributed by atoms with Crippen molar-refractivity contribution in [3.63, 3.8) is 0 Å². The van der Waals surface area contributed by atoms with Crippen molar-refractivity contribution in [2.75, 3.05) is 13.7 Å². The summed E-state index contributed by atoms with van der Waals surface area (Å²) in [6, 6.07) is 3.79. The van der Waals surface area contributed by atoms with E-state index >= 15 is 0 Å². The first-order chi connectivity index (χ1) is 9.43. The Morgan fingerprint density at radius 2 is 1.90 bits per heavy atom. The van der Waals surface area contributed by atoms with Crippen LogP contribution in [0.4, 0.5) is 0 Å². The highest BCUT2D eigenvalue weighted by Crippen LogP contribution is 2.33. The third kappa shape index (κ3) is 4.88. The van der Waals surface area contributed by atoms with E-state index in [2.05, 4.69) is 33.0 Å². The number of nitrogens with one attached hydrogen (secondary N) is 1. The summed E-state index contributed by atoms with van der Waals surface area (Å²) in [5.41, 5.74) is 1.11. The first-order valence-corrected chi connectivity index (χ1v) is 7.55. The van der Waals surface area contributed by atoms with Gasteiger partial charge >= 0.3 is 0 Å². The summed E-state index contributed by atoms with van der Waals surface area (Å²) in [4.78, 5) is 0. The van der Waals surface area contributed by atoms with Crippen molar-refractivity contribution in [1.82, 2.24) is 5.32 Å². The second-order valence-corrected chi connectivity index (χ2v) is 5.94. The van der Waals surface area contributed by atoms with Crippen molar-refractivity contribution < 1.29 is 9.47 Å². The van der Waals surface area contributed by atoms with Gasteiger partial charge in [-0.2, -0.15) is 0 Å². The fraction of sp³-hybridized carbons (Fsp3) is 0.625. The SMILES string of the molecule is CCCOc1cc(Cl)c(CNC(C)(C)CC)cc1OC. The number of methoxy groups -OCH3 is 1. The number of rotatable bonds is 8. The molecule has 0 saturated heterocycles. The lowest BCUT2D eigenvalue weighted by Gasteiger charge is -2.25. The van der Waals surface area contributed by atoms with Crippen LogP contribution in [-0.4, -0.2) is 19.3 Å². The van der Waals surface area contributed by atoms with Crippen molar-refractivity contribution in [2.45, 2.75) is 52.6 Å². The van der Waals surface area contributed by atoms with Crippen molar-refractivity contribution >= 4 is 11.6 Å². The second-order valence-electron chi connectivity index (χ2n) is 5.53. The molecule has 3 nitrogen and oxygen atoms in total. The van der Waals surface area contributed by atoms with Crippen molar-refractivity contribution in [1.29, 1.82) is 0 Å². The van der Waals surface area contributed by atoms with E-state index in [0.717, 1.165) is 24.2 Å². The topological polar surface area (TPSA) is 30.5 Å². The molecule has 0 unspecified atom stereocenters. The molecule has 0 heterocycles. The summed E-state index contributed by atoms with van der Waals surface area (Å²) in [7, 11) is 1.65. The van der Waals surface area contributed by atoms with Crippen LogP contribution in [0, 0.1) is 0 Å². The Labute approximate surface area is 127 Å². The van der Waals surface area contributed by atoms with E-state index in [1.54, 1.807) is 7.11 Å². The van der Waals surface area contributed by atoms with E-state index in [4.69, 9.17) is 21.1 Å². The summed E-state index contributed by atoms with van der Waals surface area (Å²) in [5, 5.41) is 4.20. The Morgan fingerprint density at radius 3 is 2.45 bits per heavy atom. The molecular weight excluding hydrogens is 274 g/mol. The molecule has 114 valence electrons. The Hall–Kier alpha value is -0.930. The number of ether oxygens (including phenoxy) is 2. The summed E-state index contributed by atoms with van der Waals surface area (Å²) >= 11 is 6.33. The number of benzene rings is 1. The van der Waals surface area contributed by atoms with Crippen LogP contribution in [0.2, 0.25) is 5.02 Å². The monoisotopic (exact) mass is 299 g/mol. The van der Waals surface area contributed by atoms with Crippen LogP contribution in [0.25, 0.3) is 0 Å². The number of halogens is 1. The van der Waals surface area contributed by atoms with Gasteiger partial charge in [-0.1, -0.05) is 25.4 Å². The van der Waals surface area contributed by atoms with Gasteiger partial charge in [0.1, 0.15) is 0 Å². The van der Waals surface area contributed by atoms with Gasteiger partial charge in [0.15, 0.2) is 11.5 Å². The van der Waals surface area contributed by atoms with Crippen LogP contribution in [0.5, 0.6) is 11.5 Å². The van der Waals surface area contributed by atoms with Crippen molar-refractivity contribution in [3.8, 4) is 11.5 Å². The average molecular weight is 300 g/mol. The van der Waals surface area contributed by atoms with E-state index in [1.807, 2.05) is 12.1 Å². The summed E-state index contributed by atoms with van der Waals surface area (Å²) in [5.74, 6) is 1.44. The predicted molar refractivity (Wildman–Crippen MR) is 85.0 cm³/mol. The summed E-state index contributed by atoms with van der Waals surface area (Å²) in [6.45, 7) is 9.96. The molecule has 0 amide bonds. The highest BCUT2D eigenvalue weighted by Gasteiger charge is 2.16. The van der Waals surface area contributed by atoms with Crippen molar-refractivity contribution in [2.24, 2.45) is 0 Å². The second kappa shape index (κ2) is 7.75. The van der Waals surface area contributed by atoms with Crippen LogP contribution < -0.4 is 14.8 Å². The number of hydrogen-bond acceptors (Lipinski definition) is 3. The Morgan fingerprint density at radius 1 is 1.20 bits per heavy atom. The Balaban J connectivity index is 2.87. The van der Waals surface area contributed by atoms with Crippen molar-refractivity contribution in [3.05, 3.63) is 22.7 Å². The zero-order valence-electron chi connectivity index (χ0n) is 13.2. The minimum Gasteiger partial charge on any atom is -0.493 e. The first-order valence-electron chi connectivity index (χ1n) is 7.17. The molecule has 1 rings (SSSR count).